The highest BCUT2D eigenvalue weighted by molar-refractivity contribution is 6.06. The summed E-state index contributed by atoms with van der Waals surface area (Å²) in [6, 6.07) is 10.5. The van der Waals surface area contributed by atoms with Gasteiger partial charge in [-0.2, -0.15) is 13.2 Å². The molecule has 0 radical (unpaired) electrons. The van der Waals surface area contributed by atoms with Crippen LogP contribution in [-0.2, 0) is 20.5 Å². The summed E-state index contributed by atoms with van der Waals surface area (Å²) in [6.07, 6.45) is -6.07. The number of benzene rings is 2. The highest BCUT2D eigenvalue weighted by Gasteiger charge is 2.48. The Morgan fingerprint density at radius 3 is 2.73 bits per heavy atom. The molecule has 1 unspecified atom stereocenters. The first-order valence-corrected chi connectivity index (χ1v) is 11.0. The normalized spacial score (nSPS) is 18.2. The lowest BCUT2D eigenvalue weighted by Gasteiger charge is -2.38. The molecular weight excluding hydrogens is 495 g/mol. The average Bonchev–Trinajstić information content (AvgIpc) is 3.22. The minimum Gasteiger partial charge on any atom is -0.380 e. The van der Waals surface area contributed by atoms with Crippen molar-refractivity contribution in [1.82, 2.24) is 10.1 Å². The molecule has 1 saturated heterocycles. The second-order valence-corrected chi connectivity index (χ2v) is 8.70. The molecule has 3 heterocycles. The first-order chi connectivity index (χ1) is 17.4. The van der Waals surface area contributed by atoms with E-state index in [1.165, 1.54) is 35.2 Å². The number of fused-ring (bicyclic) bond motifs is 2. The lowest BCUT2D eigenvalue weighted by atomic mass is 9.95. The number of pyridine rings is 1. The third kappa shape index (κ3) is 4.42. The Kier molecular flexibility index (Phi) is 5.76. The summed E-state index contributed by atoms with van der Waals surface area (Å²) < 4.78 is 49.6. The van der Waals surface area contributed by atoms with E-state index in [1.807, 2.05) is 0 Å². The summed E-state index contributed by atoms with van der Waals surface area (Å²) in [5, 5.41) is 18.0. The van der Waals surface area contributed by atoms with Crippen molar-refractivity contribution >= 4 is 51.0 Å². The molecule has 2 aromatic heterocycles. The molecule has 13 heteroatoms. The van der Waals surface area contributed by atoms with E-state index in [9.17, 15) is 27.9 Å². The number of nitrogens with two attached hydrogens (primary N) is 1. The molecule has 37 heavy (non-hydrogen) atoms. The zero-order valence-corrected chi connectivity index (χ0v) is 19.2. The van der Waals surface area contributed by atoms with Crippen LogP contribution < -0.4 is 16.0 Å². The molecule has 2 amide bonds. The summed E-state index contributed by atoms with van der Waals surface area (Å²) in [6.45, 7) is 1.19. The van der Waals surface area contributed by atoms with E-state index in [0.29, 0.717) is 11.0 Å². The number of nitrogen functional groups attached to an aromatic ring is 1. The number of amides is 2. The maximum absolute atomic E-state index is 13.3. The molecular formula is C24H20F3N5O5. The first kappa shape index (κ1) is 24.5. The fraction of sp³-hybridized carbons (Fsp3) is 0.250. The number of anilines is 3. The fourth-order valence-electron chi connectivity index (χ4n) is 4.07. The van der Waals surface area contributed by atoms with Crippen LogP contribution in [0.25, 0.3) is 21.9 Å². The van der Waals surface area contributed by atoms with Gasteiger partial charge in [-0.25, -0.2) is 4.98 Å². The smallest absolute Gasteiger partial charge is 0.380 e. The summed E-state index contributed by atoms with van der Waals surface area (Å²) in [7, 11) is 0. The van der Waals surface area contributed by atoms with Crippen molar-refractivity contribution in [2.45, 2.75) is 24.8 Å². The number of carbonyl (C=O) groups is 2. The second-order valence-electron chi connectivity index (χ2n) is 8.70. The minimum atomic E-state index is -4.50. The topological polar surface area (TPSA) is 144 Å². The van der Waals surface area contributed by atoms with Crippen molar-refractivity contribution in [3.05, 3.63) is 54.1 Å². The van der Waals surface area contributed by atoms with E-state index >= 15 is 0 Å². The molecule has 2 atom stereocenters. The SMILES string of the molecule is CC(O)(C(=O)Nc1ccc2c(N)noc2c1)[C@H]1OCCN(c2ccc3cc(C(F)(F)F)ccc3n2)C1=O. The molecule has 4 N–H and O–H groups in total. The predicted octanol–water partition coefficient (Wildman–Crippen LogP) is 3.10. The van der Waals surface area contributed by atoms with Crippen LogP contribution in [-0.4, -0.2) is 51.9 Å². The molecule has 0 aliphatic carbocycles. The predicted molar refractivity (Wildman–Crippen MR) is 127 cm³/mol. The van der Waals surface area contributed by atoms with Gasteiger partial charge >= 0.3 is 6.18 Å². The van der Waals surface area contributed by atoms with Crippen molar-refractivity contribution in [1.29, 1.82) is 0 Å². The van der Waals surface area contributed by atoms with Crippen LogP contribution in [0.2, 0.25) is 0 Å². The number of carbonyl (C=O) groups excluding carboxylic acids is 2. The zero-order chi connectivity index (χ0) is 26.5. The first-order valence-electron chi connectivity index (χ1n) is 11.0. The van der Waals surface area contributed by atoms with E-state index < -0.39 is 35.3 Å². The maximum atomic E-state index is 13.3. The number of halogens is 3. The number of aliphatic hydroxyl groups is 1. The van der Waals surface area contributed by atoms with Gasteiger partial charge in [-0.05, 0) is 49.4 Å². The number of morpholine rings is 1. The van der Waals surface area contributed by atoms with Crippen LogP contribution in [0.4, 0.5) is 30.5 Å². The van der Waals surface area contributed by atoms with Crippen LogP contribution in [0.3, 0.4) is 0 Å². The maximum Gasteiger partial charge on any atom is 0.416 e. The number of hydrogen-bond donors (Lipinski definition) is 3. The summed E-state index contributed by atoms with van der Waals surface area (Å²) in [4.78, 5) is 31.7. The monoisotopic (exact) mass is 515 g/mol. The van der Waals surface area contributed by atoms with Gasteiger partial charge in [0.2, 0.25) is 0 Å². The largest absolute Gasteiger partial charge is 0.416 e. The Morgan fingerprint density at radius 1 is 1.19 bits per heavy atom. The van der Waals surface area contributed by atoms with E-state index in [-0.39, 0.29) is 41.4 Å². The third-order valence-electron chi connectivity index (χ3n) is 6.10. The molecule has 192 valence electrons. The lowest BCUT2D eigenvalue weighted by molar-refractivity contribution is -0.165. The molecule has 1 aliphatic heterocycles. The minimum absolute atomic E-state index is 0.0180. The van der Waals surface area contributed by atoms with Gasteiger partial charge in [0.1, 0.15) is 5.82 Å². The number of aromatic nitrogens is 2. The number of hydrogen-bond acceptors (Lipinski definition) is 8. The molecule has 0 bridgehead atoms. The molecule has 2 aromatic carbocycles. The van der Waals surface area contributed by atoms with E-state index in [1.54, 1.807) is 6.07 Å². The number of alkyl halides is 3. The molecule has 4 aromatic rings. The Balaban J connectivity index is 1.36. The molecule has 1 fully saturated rings. The van der Waals surface area contributed by atoms with Crippen molar-refractivity contribution in [3.63, 3.8) is 0 Å². The standard InChI is InChI=1S/C24H20F3N5O5/c1-23(35,22(34)29-14-4-5-15-17(11-14)37-31-20(15)28)19-21(33)32(8-9-36-19)18-7-2-12-10-13(24(25,26)27)3-6-16(12)30-18/h2-7,10-11,19,35H,8-9H2,1H3,(H2,28,31)(H,29,34)/t19-,23?/m0/s1. The molecule has 5 rings (SSSR count). The van der Waals surface area contributed by atoms with E-state index in [2.05, 4.69) is 15.5 Å². The molecule has 10 nitrogen and oxygen atoms in total. The quantitative estimate of drug-likeness (QED) is 0.376. The van der Waals surface area contributed by atoms with Crippen molar-refractivity contribution in [2.75, 3.05) is 29.1 Å². The van der Waals surface area contributed by atoms with E-state index in [4.69, 9.17) is 15.0 Å². The number of ether oxygens (including phenoxy) is 1. The van der Waals surface area contributed by atoms with Crippen LogP contribution in [0.15, 0.2) is 53.1 Å². The number of nitrogens with zero attached hydrogens (tertiary/aromatic N) is 3. The Labute approximate surface area is 206 Å². The number of rotatable bonds is 4. The molecule has 1 aliphatic rings. The average molecular weight is 515 g/mol. The van der Waals surface area contributed by atoms with E-state index in [0.717, 1.165) is 19.1 Å². The van der Waals surface area contributed by atoms with Crippen LogP contribution in [0.5, 0.6) is 0 Å². The zero-order valence-electron chi connectivity index (χ0n) is 19.2. The molecule has 0 saturated carbocycles. The van der Waals surface area contributed by atoms with Gasteiger partial charge in [0.25, 0.3) is 11.8 Å². The second kappa shape index (κ2) is 8.71. The fourth-order valence-corrected chi connectivity index (χ4v) is 4.07. The highest BCUT2D eigenvalue weighted by atomic mass is 19.4. The Bertz CT molecular complexity index is 1530. The summed E-state index contributed by atoms with van der Waals surface area (Å²) in [5.41, 5.74) is 3.41. The molecule has 0 spiro atoms. The number of nitrogens with one attached hydrogen (secondary N) is 1. The van der Waals surface area contributed by atoms with Gasteiger partial charge in [0.15, 0.2) is 23.1 Å². The lowest BCUT2D eigenvalue weighted by Crippen LogP contribution is -2.61. The van der Waals surface area contributed by atoms with Crippen LogP contribution in [0.1, 0.15) is 12.5 Å². The summed E-state index contributed by atoms with van der Waals surface area (Å²) in [5.74, 6) is -1.31. The third-order valence-corrected chi connectivity index (χ3v) is 6.10. The highest BCUT2D eigenvalue weighted by Crippen LogP contribution is 2.32. The van der Waals surface area contributed by atoms with Crippen molar-refractivity contribution in [3.8, 4) is 0 Å². The van der Waals surface area contributed by atoms with Gasteiger partial charge < -0.3 is 25.4 Å². The van der Waals surface area contributed by atoms with Gasteiger partial charge in [-0.15, -0.1) is 0 Å². The van der Waals surface area contributed by atoms with Crippen LogP contribution >= 0.6 is 0 Å². The van der Waals surface area contributed by atoms with Crippen molar-refractivity contribution in [2.24, 2.45) is 0 Å². The van der Waals surface area contributed by atoms with Gasteiger partial charge in [0, 0.05) is 17.1 Å². The van der Waals surface area contributed by atoms with Gasteiger partial charge in [0.05, 0.1) is 29.6 Å². The van der Waals surface area contributed by atoms with Gasteiger partial charge in [-0.1, -0.05) is 5.16 Å². The Hall–Kier alpha value is -4.23. The summed E-state index contributed by atoms with van der Waals surface area (Å²) >= 11 is 0. The van der Waals surface area contributed by atoms with Gasteiger partial charge in [-0.3, -0.25) is 14.5 Å². The van der Waals surface area contributed by atoms with Crippen molar-refractivity contribution < 1.29 is 37.1 Å². The van der Waals surface area contributed by atoms with Crippen LogP contribution in [0, 0.1) is 0 Å². The Morgan fingerprint density at radius 2 is 1.97 bits per heavy atom.